The van der Waals surface area contributed by atoms with E-state index < -0.39 is 112 Å². The molecule has 288 valence electrons. The number of carboxylic acids is 1. The van der Waals surface area contributed by atoms with Gasteiger partial charge in [0.2, 0.25) is 12.3 Å². The summed E-state index contributed by atoms with van der Waals surface area (Å²) in [7, 11) is -5.66. The van der Waals surface area contributed by atoms with E-state index in [2.05, 4.69) is 15.6 Å². The molecule has 2 aromatic rings. The van der Waals surface area contributed by atoms with Crippen molar-refractivity contribution < 1.29 is 82.9 Å². The van der Waals surface area contributed by atoms with Crippen molar-refractivity contribution in [3.05, 3.63) is 58.1 Å². The maximum atomic E-state index is 13.0. The van der Waals surface area contributed by atoms with Crippen molar-refractivity contribution >= 4 is 37.7 Å². The zero-order valence-corrected chi connectivity index (χ0v) is 28.0. The van der Waals surface area contributed by atoms with E-state index in [1.807, 2.05) is 0 Å². The van der Waals surface area contributed by atoms with Gasteiger partial charge in [0.25, 0.3) is 11.7 Å². The number of benzene rings is 1. The smallest absolute Gasteiger partial charge is 0.475 e. The minimum absolute atomic E-state index is 0.0648. The fourth-order valence-corrected chi connectivity index (χ4v) is 5.64. The number of phosphoric acid groups is 1. The topological polar surface area (TPSA) is 369 Å². The average Bonchev–Trinajstić information content (AvgIpc) is 3.08. The lowest BCUT2D eigenvalue weighted by Gasteiger charge is -2.46. The first-order valence-corrected chi connectivity index (χ1v) is 16.6. The second-order valence-corrected chi connectivity index (χ2v) is 12.7. The number of rotatable bonds is 18. The predicted molar refractivity (Wildman–Crippen MR) is 169 cm³/mol. The van der Waals surface area contributed by atoms with Crippen molar-refractivity contribution in [3.8, 4) is 0 Å². The van der Waals surface area contributed by atoms with Gasteiger partial charge in [-0.05, 0) is 25.1 Å². The highest BCUT2D eigenvalue weighted by Gasteiger charge is 2.58. The maximum Gasteiger partial charge on any atom is 0.475 e. The molecule has 10 atom stereocenters. The highest BCUT2D eigenvalue weighted by Crippen LogP contribution is 2.51. The molecule has 12 N–H and O–H groups in total. The molecule has 1 aromatic carbocycles. The number of nitrogen functional groups attached to an aromatic ring is 1. The lowest BCUT2D eigenvalue weighted by atomic mass is 9.88. The number of anilines is 1. The normalized spacial score (nSPS) is 24.3. The number of aliphatic hydroxyl groups excluding tert-OH is 6. The van der Waals surface area contributed by atoms with Crippen LogP contribution < -0.4 is 22.1 Å². The van der Waals surface area contributed by atoms with E-state index in [0.29, 0.717) is 10.9 Å². The van der Waals surface area contributed by atoms with Crippen molar-refractivity contribution in [1.82, 2.24) is 20.2 Å². The number of nitrogens with one attached hydrogen (secondary N) is 2. The number of amides is 2. The van der Waals surface area contributed by atoms with E-state index in [1.165, 1.54) is 24.3 Å². The number of phosphoric ester groups is 1. The largest absolute Gasteiger partial charge is 0.477 e. The van der Waals surface area contributed by atoms with Crippen LogP contribution in [0.5, 0.6) is 0 Å². The number of aldehydes is 1. The summed E-state index contributed by atoms with van der Waals surface area (Å²) in [5.74, 6) is -7.51. The molecular weight excluding hydrogens is 725 g/mol. The maximum absolute atomic E-state index is 13.0. The van der Waals surface area contributed by atoms with E-state index in [4.69, 9.17) is 24.3 Å². The molecule has 24 heteroatoms. The second-order valence-electron chi connectivity index (χ2n) is 11.3. The number of carbonyl (C=O) groups excluding carboxylic acids is 3. The zero-order chi connectivity index (χ0) is 39.0. The fourth-order valence-electron chi connectivity index (χ4n) is 4.69. The molecule has 1 aromatic heterocycles. The minimum Gasteiger partial charge on any atom is -0.477 e. The van der Waals surface area contributed by atoms with Crippen molar-refractivity contribution in [1.29, 1.82) is 0 Å². The van der Waals surface area contributed by atoms with Gasteiger partial charge in [-0.3, -0.25) is 18.9 Å². The second kappa shape index (κ2) is 18.0. The number of nitrogens with zero attached hydrogens (tertiary/aromatic N) is 2. The Labute approximate surface area is 292 Å². The first-order chi connectivity index (χ1) is 24.3. The molecule has 2 amide bonds. The Morgan fingerprint density at radius 1 is 1.19 bits per heavy atom. The number of hydrogen-bond acceptors (Lipinski definition) is 18. The molecule has 0 spiro atoms. The van der Waals surface area contributed by atoms with Crippen LogP contribution in [0.25, 0.3) is 0 Å². The lowest BCUT2D eigenvalue weighted by Crippen LogP contribution is -2.68. The Morgan fingerprint density at radius 2 is 1.85 bits per heavy atom. The summed E-state index contributed by atoms with van der Waals surface area (Å²) in [5.41, 5.74) is 4.66. The van der Waals surface area contributed by atoms with E-state index in [0.717, 1.165) is 19.2 Å². The third kappa shape index (κ3) is 10.9. The van der Waals surface area contributed by atoms with Crippen LogP contribution in [0.15, 0.2) is 41.3 Å². The first-order valence-electron chi connectivity index (χ1n) is 15.1. The molecular formula is C28H38N5O18P. The number of hydrogen-bond donors (Lipinski definition) is 11. The Kier molecular flexibility index (Phi) is 14.6. The van der Waals surface area contributed by atoms with Gasteiger partial charge in [-0.25, -0.2) is 23.2 Å². The predicted octanol–water partition coefficient (Wildman–Crippen LogP) is -4.45. The number of carboxylic acid groups (broad SMARTS) is 1. The van der Waals surface area contributed by atoms with Crippen molar-refractivity contribution in [2.24, 2.45) is 0 Å². The van der Waals surface area contributed by atoms with Crippen molar-refractivity contribution in [2.45, 2.75) is 68.2 Å². The Morgan fingerprint density at radius 3 is 2.40 bits per heavy atom. The van der Waals surface area contributed by atoms with Gasteiger partial charge in [0.1, 0.15) is 36.5 Å². The van der Waals surface area contributed by atoms with Gasteiger partial charge >= 0.3 is 19.5 Å². The summed E-state index contributed by atoms with van der Waals surface area (Å²) in [6.45, 7) is -1.92. The molecule has 1 fully saturated rings. The molecule has 2 unspecified atom stereocenters. The van der Waals surface area contributed by atoms with Crippen LogP contribution in [-0.2, 0) is 32.7 Å². The lowest BCUT2D eigenvalue weighted by molar-refractivity contribution is -0.289. The summed E-state index contributed by atoms with van der Waals surface area (Å²) >= 11 is 0. The molecule has 0 aliphatic carbocycles. The van der Waals surface area contributed by atoms with Gasteiger partial charge in [-0.15, -0.1) is 0 Å². The molecule has 1 saturated heterocycles. The van der Waals surface area contributed by atoms with Crippen LogP contribution >= 0.6 is 7.82 Å². The summed E-state index contributed by atoms with van der Waals surface area (Å²) in [4.78, 5) is 74.3. The average molecular weight is 764 g/mol. The van der Waals surface area contributed by atoms with Crippen molar-refractivity contribution in [2.75, 3.05) is 25.5 Å². The van der Waals surface area contributed by atoms with E-state index in [1.54, 1.807) is 0 Å². The van der Waals surface area contributed by atoms with Gasteiger partial charge in [0.05, 0.1) is 38.0 Å². The van der Waals surface area contributed by atoms with Crippen LogP contribution in [0.4, 0.5) is 5.82 Å². The molecule has 3 rings (SSSR count). The standard InChI is InChI=1S/C28H38N5O18P/c1-13(36)18(49-27(45)33-7-6-19(29)31-26(33)44)12-48-52(46,47)51-28(25(42)43)8-16(37)21(23(50-28)22(40)17(38)11-35)32-20(39)9-30-24(41)15-4-2-14(10-34)3-5-15/h2-7,10,13,16-18,21-23,27,35-38,40,45H,8-9,11-12H2,1H3,(H,30,41)(H,32,39)(H,42,43)(H,46,47)(H2,29,31,44)/t13-,16-,17-,18-,21-,22-,23?,27+,28-/m1/s1. The van der Waals surface area contributed by atoms with Crippen LogP contribution in [0.3, 0.4) is 0 Å². The highest BCUT2D eigenvalue weighted by molar-refractivity contribution is 7.47. The molecule has 2 heterocycles. The highest BCUT2D eigenvalue weighted by atomic mass is 31.2. The summed E-state index contributed by atoms with van der Waals surface area (Å²) in [5, 5.41) is 76.1. The fraction of sp³-hybridized carbons (Fsp3) is 0.500. The number of aromatic nitrogens is 2. The molecule has 1 aliphatic heterocycles. The quantitative estimate of drug-likeness (QED) is 0.0387. The molecule has 0 bridgehead atoms. The SMILES string of the molecule is C[C@@H](O)[C@@H](COP(=O)(O)O[C@@]1(C(=O)O)C[C@@H](O)[C@@H](NC(=O)CNC(=O)c2ccc(C=O)cc2)C([C@H](O)[C@H](O)CO)O1)O[C@H](O)n1ccc(N)nc1=O. The molecule has 1 aliphatic rings. The number of carbonyl (C=O) groups is 4. The first kappa shape index (κ1) is 42.2. The van der Waals surface area contributed by atoms with Crippen LogP contribution in [0.2, 0.25) is 0 Å². The van der Waals surface area contributed by atoms with E-state index in [9.17, 15) is 69.2 Å². The minimum atomic E-state index is -5.66. The summed E-state index contributed by atoms with van der Waals surface area (Å²) in [6.07, 6.45) is -13.8. The number of ether oxygens (including phenoxy) is 2. The van der Waals surface area contributed by atoms with Gasteiger partial charge in [0, 0.05) is 23.7 Å². The third-order valence-electron chi connectivity index (χ3n) is 7.45. The summed E-state index contributed by atoms with van der Waals surface area (Å²) in [6, 6.07) is 4.61. The number of nitrogens with two attached hydrogens (primary N) is 1. The molecule has 23 nitrogen and oxygen atoms in total. The zero-order valence-electron chi connectivity index (χ0n) is 27.1. The summed E-state index contributed by atoms with van der Waals surface area (Å²) < 4.78 is 33.6. The van der Waals surface area contributed by atoms with Gasteiger partial charge in [0.15, 0.2) is 0 Å². The number of aliphatic carboxylic acids is 1. The Balaban J connectivity index is 1.76. The van der Waals surface area contributed by atoms with Crippen LogP contribution in [0, 0.1) is 0 Å². The van der Waals surface area contributed by atoms with Gasteiger partial charge < -0.3 is 66.5 Å². The van der Waals surface area contributed by atoms with Crippen LogP contribution in [-0.4, -0.2) is 142 Å². The Hall–Kier alpha value is -4.23. The molecule has 0 radical (unpaired) electrons. The van der Waals surface area contributed by atoms with E-state index in [-0.39, 0.29) is 16.9 Å². The third-order valence-corrected chi connectivity index (χ3v) is 8.45. The van der Waals surface area contributed by atoms with Gasteiger partial charge in [-0.2, -0.15) is 4.98 Å². The monoisotopic (exact) mass is 763 g/mol. The number of aliphatic hydroxyl groups is 6. The van der Waals surface area contributed by atoms with Crippen molar-refractivity contribution in [3.63, 3.8) is 0 Å². The van der Waals surface area contributed by atoms with E-state index >= 15 is 0 Å². The van der Waals surface area contributed by atoms with Crippen LogP contribution in [0.1, 0.15) is 40.5 Å². The molecule has 0 saturated carbocycles. The Bertz CT molecular complexity index is 1680. The van der Waals surface area contributed by atoms with Gasteiger partial charge in [-0.1, -0.05) is 12.1 Å². The molecule has 52 heavy (non-hydrogen) atoms.